The van der Waals surface area contributed by atoms with Crippen molar-refractivity contribution in [2.24, 2.45) is 7.05 Å². The molecule has 1 fully saturated rings. The molecule has 0 bridgehead atoms. The lowest BCUT2D eigenvalue weighted by molar-refractivity contribution is 0.110. The van der Waals surface area contributed by atoms with Crippen LogP contribution in [0.2, 0.25) is 0 Å². The highest BCUT2D eigenvalue weighted by molar-refractivity contribution is 7.71. The van der Waals surface area contributed by atoms with Crippen LogP contribution in [0.1, 0.15) is 19.8 Å². The quantitative estimate of drug-likeness (QED) is 0.331. The molecule has 11 heteroatoms. The topological polar surface area (TPSA) is 90.9 Å². The van der Waals surface area contributed by atoms with E-state index >= 15 is 0 Å². The number of ether oxygens (including phenoxy) is 1. The summed E-state index contributed by atoms with van der Waals surface area (Å²) in [6.07, 6.45) is 5.77. The zero-order valence-electron chi connectivity index (χ0n) is 21.1. The normalized spacial score (nSPS) is 15.0. The van der Waals surface area contributed by atoms with Crippen LogP contribution in [-0.2, 0) is 13.6 Å². The molecule has 1 aromatic carbocycles. The Kier molecular flexibility index (Phi) is 6.09. The molecule has 0 saturated carbocycles. The van der Waals surface area contributed by atoms with Crippen molar-refractivity contribution in [1.82, 2.24) is 39.0 Å². The SMILES string of the molecule is CCn1c(=S)c2cnc(Nc3ccc4c(cnn4C)c3)nc2n1-c1cccc(OC2CCN(C)CC2)n1. The Morgan fingerprint density at radius 3 is 2.73 bits per heavy atom. The number of hydrogen-bond donors (Lipinski definition) is 1. The van der Waals surface area contributed by atoms with Crippen molar-refractivity contribution in [2.75, 3.05) is 25.5 Å². The predicted molar refractivity (Wildman–Crippen MR) is 146 cm³/mol. The Bertz CT molecular complexity index is 1650. The van der Waals surface area contributed by atoms with Gasteiger partial charge in [0.2, 0.25) is 11.8 Å². The smallest absolute Gasteiger partial charge is 0.229 e. The minimum atomic E-state index is 0.170. The molecule has 10 nitrogen and oxygen atoms in total. The summed E-state index contributed by atoms with van der Waals surface area (Å²) in [5.41, 5.74) is 2.63. The maximum absolute atomic E-state index is 6.26. The van der Waals surface area contributed by atoms with E-state index in [0.29, 0.717) is 34.5 Å². The van der Waals surface area contributed by atoms with Crippen LogP contribution < -0.4 is 10.1 Å². The highest BCUT2D eigenvalue weighted by atomic mass is 32.1. The van der Waals surface area contributed by atoms with E-state index in [9.17, 15) is 0 Å². The van der Waals surface area contributed by atoms with Gasteiger partial charge in [0, 0.05) is 50.0 Å². The number of pyridine rings is 1. The van der Waals surface area contributed by atoms with Gasteiger partial charge in [-0.25, -0.2) is 9.67 Å². The zero-order chi connectivity index (χ0) is 25.5. The van der Waals surface area contributed by atoms with E-state index in [1.807, 2.05) is 63.7 Å². The third kappa shape index (κ3) is 4.44. The summed E-state index contributed by atoms with van der Waals surface area (Å²) >= 11 is 5.79. The van der Waals surface area contributed by atoms with Crippen molar-refractivity contribution in [1.29, 1.82) is 0 Å². The van der Waals surface area contributed by atoms with E-state index < -0.39 is 0 Å². The molecule has 5 aromatic rings. The number of aromatic nitrogens is 7. The maximum Gasteiger partial charge on any atom is 0.229 e. The number of nitrogens with one attached hydrogen (secondary N) is 1. The van der Waals surface area contributed by atoms with Crippen molar-refractivity contribution in [2.45, 2.75) is 32.4 Å². The summed E-state index contributed by atoms with van der Waals surface area (Å²) in [5.74, 6) is 1.79. The zero-order valence-corrected chi connectivity index (χ0v) is 21.9. The van der Waals surface area contributed by atoms with Gasteiger partial charge in [-0.1, -0.05) is 18.3 Å². The second-order valence-electron chi connectivity index (χ2n) is 9.38. The number of nitrogens with zero attached hydrogens (tertiary/aromatic N) is 8. The van der Waals surface area contributed by atoms with Gasteiger partial charge in [0.1, 0.15) is 10.7 Å². The fourth-order valence-corrected chi connectivity index (χ4v) is 5.19. The Labute approximate surface area is 219 Å². The van der Waals surface area contributed by atoms with Gasteiger partial charge in [0.25, 0.3) is 0 Å². The molecule has 0 radical (unpaired) electrons. The number of fused-ring (bicyclic) bond motifs is 2. The summed E-state index contributed by atoms with van der Waals surface area (Å²) < 4.78 is 12.7. The van der Waals surface area contributed by atoms with E-state index in [2.05, 4.69) is 34.3 Å². The Balaban J connectivity index is 1.36. The third-order valence-corrected chi connectivity index (χ3v) is 7.29. The fraction of sp³-hybridized carbons (Fsp3) is 0.346. The maximum atomic E-state index is 6.26. The lowest BCUT2D eigenvalue weighted by atomic mass is 10.1. The number of aryl methyl sites for hydroxylation is 1. The lowest BCUT2D eigenvalue weighted by Gasteiger charge is -2.29. The summed E-state index contributed by atoms with van der Waals surface area (Å²) in [5, 5.41) is 9.49. The van der Waals surface area contributed by atoms with Crippen LogP contribution in [0, 0.1) is 4.64 Å². The first-order chi connectivity index (χ1) is 18.0. The van der Waals surface area contributed by atoms with Crippen LogP contribution in [-0.4, -0.2) is 65.2 Å². The molecule has 0 spiro atoms. The van der Waals surface area contributed by atoms with Crippen LogP contribution in [0.5, 0.6) is 5.88 Å². The largest absolute Gasteiger partial charge is 0.474 e. The van der Waals surface area contributed by atoms with E-state index in [0.717, 1.165) is 47.9 Å². The van der Waals surface area contributed by atoms with Crippen LogP contribution in [0.25, 0.3) is 27.8 Å². The van der Waals surface area contributed by atoms with E-state index in [1.54, 1.807) is 6.20 Å². The van der Waals surface area contributed by atoms with Gasteiger partial charge in [-0.2, -0.15) is 15.1 Å². The van der Waals surface area contributed by atoms with Gasteiger partial charge in [-0.15, -0.1) is 0 Å². The van der Waals surface area contributed by atoms with Crippen molar-refractivity contribution in [3.05, 3.63) is 53.4 Å². The van der Waals surface area contributed by atoms with Gasteiger partial charge in [-0.05, 0) is 51.1 Å². The van der Waals surface area contributed by atoms with E-state index in [-0.39, 0.29) is 6.10 Å². The Morgan fingerprint density at radius 2 is 1.92 bits per heavy atom. The van der Waals surface area contributed by atoms with Crippen molar-refractivity contribution in [3.63, 3.8) is 0 Å². The Hall–Kier alpha value is -3.83. The summed E-state index contributed by atoms with van der Waals surface area (Å²) in [6.45, 7) is 4.78. The molecule has 37 heavy (non-hydrogen) atoms. The first-order valence-corrected chi connectivity index (χ1v) is 12.9. The second kappa shape index (κ2) is 9.56. The number of rotatable bonds is 6. The van der Waals surface area contributed by atoms with Gasteiger partial charge >= 0.3 is 0 Å². The monoisotopic (exact) mass is 515 g/mol. The standard InChI is InChI=1S/C26H29N9OS/c1-4-34-25(37)20-16-27-26(29-18-8-9-21-17(14-18)15-28-33(21)3)31-24(20)35(34)22-6-5-7-23(30-22)36-19-10-12-32(2)13-11-19/h5-9,14-16,19H,4,10-13H2,1-3H3,(H,27,29,31). The number of hydrogen-bond acceptors (Lipinski definition) is 8. The minimum absolute atomic E-state index is 0.170. The molecular formula is C26H29N9OS. The second-order valence-corrected chi connectivity index (χ2v) is 9.77. The van der Waals surface area contributed by atoms with Crippen LogP contribution in [0.4, 0.5) is 11.6 Å². The number of likely N-dealkylation sites (tertiary alicyclic amines) is 1. The minimum Gasteiger partial charge on any atom is -0.474 e. The molecule has 0 atom stereocenters. The predicted octanol–water partition coefficient (Wildman–Crippen LogP) is 4.47. The lowest BCUT2D eigenvalue weighted by Crippen LogP contribution is -2.35. The van der Waals surface area contributed by atoms with E-state index in [1.165, 1.54) is 0 Å². The first-order valence-electron chi connectivity index (χ1n) is 12.5. The first kappa shape index (κ1) is 23.6. The highest BCUT2D eigenvalue weighted by Crippen LogP contribution is 2.25. The fourth-order valence-electron chi connectivity index (χ4n) is 4.84. The average molecular weight is 516 g/mol. The summed E-state index contributed by atoms with van der Waals surface area (Å²) in [7, 11) is 4.07. The molecule has 0 amide bonds. The number of piperidine rings is 1. The molecule has 190 valence electrons. The molecular weight excluding hydrogens is 486 g/mol. The molecule has 0 aliphatic carbocycles. The average Bonchev–Trinajstić information content (AvgIpc) is 3.41. The van der Waals surface area contributed by atoms with Crippen molar-refractivity contribution >= 4 is 45.8 Å². The van der Waals surface area contributed by atoms with Crippen molar-refractivity contribution in [3.8, 4) is 11.7 Å². The Morgan fingerprint density at radius 1 is 1.08 bits per heavy atom. The summed E-state index contributed by atoms with van der Waals surface area (Å²) in [6, 6.07) is 11.9. The van der Waals surface area contributed by atoms with Crippen molar-refractivity contribution < 1.29 is 4.74 Å². The molecule has 5 heterocycles. The van der Waals surface area contributed by atoms with Crippen LogP contribution in [0.3, 0.4) is 0 Å². The van der Waals surface area contributed by atoms with Crippen LogP contribution in [0.15, 0.2) is 48.8 Å². The van der Waals surface area contributed by atoms with Gasteiger partial charge < -0.3 is 15.0 Å². The molecule has 1 aliphatic rings. The van der Waals surface area contributed by atoms with E-state index in [4.69, 9.17) is 26.9 Å². The summed E-state index contributed by atoms with van der Waals surface area (Å²) in [4.78, 5) is 16.6. The number of anilines is 2. The molecule has 6 rings (SSSR count). The van der Waals surface area contributed by atoms with Gasteiger partial charge in [0.15, 0.2) is 11.5 Å². The van der Waals surface area contributed by atoms with Crippen LogP contribution >= 0.6 is 12.2 Å². The molecule has 1 saturated heterocycles. The van der Waals surface area contributed by atoms with Gasteiger partial charge in [0.05, 0.1) is 17.1 Å². The molecule has 1 N–H and O–H groups in total. The molecule has 4 aromatic heterocycles. The third-order valence-electron chi connectivity index (χ3n) is 6.86. The molecule has 0 unspecified atom stereocenters. The number of benzene rings is 1. The van der Waals surface area contributed by atoms with Gasteiger partial charge in [-0.3, -0.25) is 9.36 Å². The highest BCUT2D eigenvalue weighted by Gasteiger charge is 2.20. The molecule has 1 aliphatic heterocycles.